The van der Waals surface area contributed by atoms with Gasteiger partial charge in [0.2, 0.25) is 0 Å². The smallest absolute Gasteiger partial charge is 0.132 e. The highest BCUT2D eigenvalue weighted by Crippen LogP contribution is 2.27. The zero-order valence-corrected chi connectivity index (χ0v) is 12.5. The molecular weight excluding hydrogens is 282 g/mol. The number of aliphatic hydroxyl groups excluding tert-OH is 1. The summed E-state index contributed by atoms with van der Waals surface area (Å²) in [4.78, 5) is 4.44. The van der Waals surface area contributed by atoms with Gasteiger partial charge in [0.25, 0.3) is 0 Å². The van der Waals surface area contributed by atoms with E-state index in [9.17, 15) is 5.11 Å². The van der Waals surface area contributed by atoms with Gasteiger partial charge in [-0.1, -0.05) is 61.0 Å². The summed E-state index contributed by atoms with van der Waals surface area (Å²) in [5.41, 5.74) is 3.54. The molecule has 0 amide bonds. The Morgan fingerprint density at radius 2 is 1.81 bits per heavy atom. The molecule has 0 bridgehead atoms. The Morgan fingerprint density at radius 3 is 2.52 bits per heavy atom. The van der Waals surface area contributed by atoms with Crippen LogP contribution in [0.2, 0.25) is 5.15 Å². The monoisotopic (exact) mass is 297 g/mol. The minimum Gasteiger partial charge on any atom is -0.384 e. The molecule has 0 aliphatic heterocycles. The molecule has 106 valence electrons. The van der Waals surface area contributed by atoms with Gasteiger partial charge in [-0.25, -0.2) is 4.98 Å². The van der Waals surface area contributed by atoms with Gasteiger partial charge in [-0.15, -0.1) is 0 Å². The molecule has 21 heavy (non-hydrogen) atoms. The fourth-order valence-corrected chi connectivity index (χ4v) is 2.73. The maximum absolute atomic E-state index is 10.5. The van der Waals surface area contributed by atoms with E-state index in [4.69, 9.17) is 11.6 Å². The fourth-order valence-electron chi connectivity index (χ4n) is 2.45. The number of nitrogens with zero attached hydrogens (tertiary/aromatic N) is 1. The normalized spacial score (nSPS) is 12.5. The topological polar surface area (TPSA) is 33.1 Å². The van der Waals surface area contributed by atoms with Crippen molar-refractivity contribution in [2.75, 3.05) is 0 Å². The van der Waals surface area contributed by atoms with Crippen LogP contribution < -0.4 is 0 Å². The van der Waals surface area contributed by atoms with E-state index in [0.29, 0.717) is 5.15 Å². The van der Waals surface area contributed by atoms with Crippen LogP contribution in [0.5, 0.6) is 0 Å². The van der Waals surface area contributed by atoms with Crippen LogP contribution in [0.25, 0.3) is 10.9 Å². The maximum Gasteiger partial charge on any atom is 0.132 e. The molecule has 3 aromatic rings. The molecule has 0 aliphatic carbocycles. The minimum absolute atomic E-state index is 0.538. The van der Waals surface area contributed by atoms with E-state index in [0.717, 1.165) is 34.0 Å². The number of benzene rings is 2. The molecule has 3 heteroatoms. The predicted molar refractivity (Wildman–Crippen MR) is 86.6 cm³/mol. The summed E-state index contributed by atoms with van der Waals surface area (Å²) >= 11 is 6.18. The highest BCUT2D eigenvalue weighted by Gasteiger charge is 2.11. The van der Waals surface area contributed by atoms with Crippen molar-refractivity contribution in [1.29, 1.82) is 0 Å². The Labute approximate surface area is 129 Å². The van der Waals surface area contributed by atoms with Gasteiger partial charge in [0, 0.05) is 5.39 Å². The summed E-state index contributed by atoms with van der Waals surface area (Å²) < 4.78 is 0. The average molecular weight is 298 g/mol. The lowest BCUT2D eigenvalue weighted by atomic mass is 10.00. The van der Waals surface area contributed by atoms with Crippen molar-refractivity contribution >= 4 is 22.5 Å². The quantitative estimate of drug-likeness (QED) is 0.720. The second-order valence-corrected chi connectivity index (χ2v) is 5.42. The molecule has 1 atom stereocenters. The maximum atomic E-state index is 10.5. The first kappa shape index (κ1) is 14.1. The molecular formula is C18H16ClNO. The second kappa shape index (κ2) is 5.84. The van der Waals surface area contributed by atoms with Gasteiger partial charge in [-0.05, 0) is 35.2 Å². The van der Waals surface area contributed by atoms with Gasteiger partial charge in [0.05, 0.1) is 5.52 Å². The largest absolute Gasteiger partial charge is 0.384 e. The summed E-state index contributed by atoms with van der Waals surface area (Å²) in [6.45, 7) is 2.06. The van der Waals surface area contributed by atoms with Gasteiger partial charge in [-0.3, -0.25) is 0 Å². The third kappa shape index (κ3) is 2.78. The number of rotatable bonds is 3. The number of aliphatic hydroxyl groups is 1. The molecule has 0 aliphatic rings. The third-order valence-corrected chi connectivity index (χ3v) is 4.01. The molecule has 1 unspecified atom stereocenters. The lowest BCUT2D eigenvalue weighted by Gasteiger charge is -2.12. The van der Waals surface area contributed by atoms with Crippen molar-refractivity contribution in [2.45, 2.75) is 19.4 Å². The van der Waals surface area contributed by atoms with E-state index in [-0.39, 0.29) is 0 Å². The van der Waals surface area contributed by atoms with E-state index in [1.165, 1.54) is 0 Å². The van der Waals surface area contributed by atoms with Crippen LogP contribution in [0.15, 0.2) is 54.6 Å². The van der Waals surface area contributed by atoms with Crippen molar-refractivity contribution in [3.8, 4) is 0 Å². The number of aromatic nitrogens is 1. The van der Waals surface area contributed by atoms with E-state index in [2.05, 4.69) is 18.0 Å². The van der Waals surface area contributed by atoms with Crippen LogP contribution >= 0.6 is 11.6 Å². The first-order chi connectivity index (χ1) is 10.2. The zero-order chi connectivity index (χ0) is 14.8. The summed E-state index contributed by atoms with van der Waals surface area (Å²) in [7, 11) is 0. The lowest BCUT2D eigenvalue weighted by molar-refractivity contribution is 0.220. The number of halogens is 1. The molecule has 1 heterocycles. The van der Waals surface area contributed by atoms with Gasteiger partial charge in [0.1, 0.15) is 11.3 Å². The van der Waals surface area contributed by atoms with Crippen LogP contribution in [0.3, 0.4) is 0 Å². The van der Waals surface area contributed by atoms with E-state index in [1.807, 2.05) is 48.5 Å². The van der Waals surface area contributed by atoms with E-state index in [1.54, 1.807) is 0 Å². The SMILES string of the molecule is CCc1cc2ccc(C(O)c3ccccc3)cc2nc1Cl. The van der Waals surface area contributed by atoms with Crippen LogP contribution in [0.4, 0.5) is 0 Å². The molecule has 2 nitrogen and oxygen atoms in total. The molecule has 2 aromatic carbocycles. The Morgan fingerprint density at radius 1 is 1.05 bits per heavy atom. The zero-order valence-electron chi connectivity index (χ0n) is 11.8. The van der Waals surface area contributed by atoms with Gasteiger partial charge in [0.15, 0.2) is 0 Å². The molecule has 0 saturated heterocycles. The second-order valence-electron chi connectivity index (χ2n) is 5.06. The van der Waals surface area contributed by atoms with Crippen molar-refractivity contribution in [2.24, 2.45) is 0 Å². The molecule has 1 N–H and O–H groups in total. The number of hydrogen-bond acceptors (Lipinski definition) is 2. The first-order valence-corrected chi connectivity index (χ1v) is 7.39. The van der Waals surface area contributed by atoms with E-state index >= 15 is 0 Å². The molecule has 0 saturated carbocycles. The van der Waals surface area contributed by atoms with Crippen LogP contribution in [0.1, 0.15) is 29.7 Å². The van der Waals surface area contributed by atoms with Gasteiger partial charge in [-0.2, -0.15) is 0 Å². The summed E-state index contributed by atoms with van der Waals surface area (Å²) in [6.07, 6.45) is 0.206. The number of fused-ring (bicyclic) bond motifs is 1. The summed E-state index contributed by atoms with van der Waals surface area (Å²) in [6, 6.07) is 17.5. The molecule has 0 radical (unpaired) electrons. The first-order valence-electron chi connectivity index (χ1n) is 7.01. The summed E-state index contributed by atoms with van der Waals surface area (Å²) in [5, 5.41) is 12.0. The Hall–Kier alpha value is -1.90. The molecule has 0 spiro atoms. The molecule has 0 fully saturated rings. The van der Waals surface area contributed by atoms with Gasteiger partial charge < -0.3 is 5.11 Å². The van der Waals surface area contributed by atoms with Crippen LogP contribution in [0, 0.1) is 0 Å². The molecule has 3 rings (SSSR count). The lowest BCUT2D eigenvalue weighted by Crippen LogP contribution is -1.99. The van der Waals surface area contributed by atoms with Crippen molar-refractivity contribution in [3.05, 3.63) is 76.4 Å². The fraction of sp³-hybridized carbons (Fsp3) is 0.167. The third-order valence-electron chi connectivity index (χ3n) is 3.68. The summed E-state index contributed by atoms with van der Waals surface area (Å²) in [5.74, 6) is 0. The van der Waals surface area contributed by atoms with Crippen molar-refractivity contribution in [1.82, 2.24) is 4.98 Å². The Bertz CT molecular complexity index is 771. The Balaban J connectivity index is 2.05. The average Bonchev–Trinajstić information content (AvgIpc) is 2.53. The van der Waals surface area contributed by atoms with Gasteiger partial charge >= 0.3 is 0 Å². The van der Waals surface area contributed by atoms with Crippen LogP contribution in [-0.2, 0) is 6.42 Å². The van der Waals surface area contributed by atoms with Crippen LogP contribution in [-0.4, -0.2) is 10.1 Å². The minimum atomic E-state index is -0.651. The molecule has 1 aromatic heterocycles. The number of hydrogen-bond donors (Lipinski definition) is 1. The highest BCUT2D eigenvalue weighted by molar-refractivity contribution is 6.30. The number of pyridine rings is 1. The van der Waals surface area contributed by atoms with Crippen molar-refractivity contribution in [3.63, 3.8) is 0 Å². The Kier molecular flexibility index (Phi) is 3.91. The van der Waals surface area contributed by atoms with E-state index < -0.39 is 6.10 Å². The predicted octanol–water partition coefficient (Wildman–Crippen LogP) is 4.53. The number of aryl methyl sites for hydroxylation is 1. The van der Waals surface area contributed by atoms with Crippen molar-refractivity contribution < 1.29 is 5.11 Å². The standard InChI is InChI=1S/C18H16ClNO/c1-2-12-10-14-8-9-15(11-16(14)20-18(12)19)17(21)13-6-4-3-5-7-13/h3-11,17,21H,2H2,1H3. The highest BCUT2D eigenvalue weighted by atomic mass is 35.5.